The van der Waals surface area contributed by atoms with Crippen LogP contribution in [-0.2, 0) is 12.8 Å². The van der Waals surface area contributed by atoms with Crippen LogP contribution in [0.1, 0.15) is 37.8 Å². The molecule has 0 N–H and O–H groups in total. The quantitative estimate of drug-likeness (QED) is 0.662. The molecule has 0 atom stereocenters. The first-order chi connectivity index (χ1) is 6.29. The van der Waals surface area contributed by atoms with Gasteiger partial charge in [0, 0.05) is 0 Å². The molecule has 0 fully saturated rings. The van der Waals surface area contributed by atoms with E-state index < -0.39 is 0 Å². The molecule has 1 aromatic rings. The molecule has 0 aliphatic carbocycles. The van der Waals surface area contributed by atoms with Crippen molar-refractivity contribution in [3.05, 3.63) is 35.1 Å². The predicted molar refractivity (Wildman–Crippen MR) is 54.4 cm³/mol. The number of benzene rings is 1. The maximum absolute atomic E-state index is 13.6. The van der Waals surface area contributed by atoms with Gasteiger partial charge in [-0.15, -0.1) is 0 Å². The number of hydrogen-bond donors (Lipinski definition) is 0. The second-order valence-electron chi connectivity index (χ2n) is 3.35. The van der Waals surface area contributed by atoms with E-state index in [2.05, 4.69) is 6.92 Å². The Morgan fingerprint density at radius 3 is 2.46 bits per heavy atom. The van der Waals surface area contributed by atoms with E-state index in [1.165, 1.54) is 0 Å². The van der Waals surface area contributed by atoms with Gasteiger partial charge in [0.1, 0.15) is 5.82 Å². The van der Waals surface area contributed by atoms with Crippen LogP contribution >= 0.6 is 0 Å². The van der Waals surface area contributed by atoms with Gasteiger partial charge in [0.2, 0.25) is 0 Å². The molecule has 1 rings (SSSR count). The molecule has 1 heteroatoms. The predicted octanol–water partition coefficient (Wildman–Crippen LogP) is 3.73. The molecular weight excluding hydrogens is 163 g/mol. The first-order valence-electron chi connectivity index (χ1n) is 5.05. The molecule has 0 bridgehead atoms. The Balaban J connectivity index is 2.81. The summed E-state index contributed by atoms with van der Waals surface area (Å²) in [5.74, 6) is 0.0125. The Labute approximate surface area is 79.8 Å². The van der Waals surface area contributed by atoms with Crippen LogP contribution in [-0.4, -0.2) is 0 Å². The molecule has 0 spiro atoms. The Kier molecular flexibility index (Phi) is 3.94. The zero-order chi connectivity index (χ0) is 9.68. The molecule has 0 aliphatic rings. The molecule has 0 saturated carbocycles. The minimum absolute atomic E-state index is 0.0125. The summed E-state index contributed by atoms with van der Waals surface area (Å²) in [4.78, 5) is 0. The van der Waals surface area contributed by atoms with E-state index in [0.717, 1.165) is 36.8 Å². The van der Waals surface area contributed by atoms with Gasteiger partial charge in [-0.25, -0.2) is 4.39 Å². The van der Waals surface area contributed by atoms with E-state index in [4.69, 9.17) is 0 Å². The number of hydrogen-bond acceptors (Lipinski definition) is 0. The van der Waals surface area contributed by atoms with Gasteiger partial charge in [-0.1, -0.05) is 38.5 Å². The van der Waals surface area contributed by atoms with Gasteiger partial charge in [0.05, 0.1) is 0 Å². The Bertz CT molecular complexity index is 266. The lowest BCUT2D eigenvalue weighted by atomic mass is 10.0. The number of aryl methyl sites for hydroxylation is 2. The molecule has 0 nitrogen and oxygen atoms in total. The molecule has 0 radical (unpaired) electrons. The van der Waals surface area contributed by atoms with Crippen molar-refractivity contribution in [2.24, 2.45) is 0 Å². The molecular formula is C12H17F. The van der Waals surface area contributed by atoms with Crippen LogP contribution in [0.5, 0.6) is 0 Å². The molecule has 1 aromatic carbocycles. The number of halogens is 1. The smallest absolute Gasteiger partial charge is 0.129 e. The Morgan fingerprint density at radius 1 is 1.15 bits per heavy atom. The first-order valence-corrected chi connectivity index (χ1v) is 5.05. The van der Waals surface area contributed by atoms with Crippen molar-refractivity contribution >= 4 is 0 Å². The summed E-state index contributed by atoms with van der Waals surface area (Å²) in [6.45, 7) is 4.11. The average molecular weight is 180 g/mol. The third-order valence-electron chi connectivity index (χ3n) is 2.34. The maximum atomic E-state index is 13.6. The van der Waals surface area contributed by atoms with Crippen LogP contribution in [0.25, 0.3) is 0 Å². The lowest BCUT2D eigenvalue weighted by Crippen LogP contribution is -1.95. The summed E-state index contributed by atoms with van der Waals surface area (Å²) in [5.41, 5.74) is 1.72. The van der Waals surface area contributed by atoms with E-state index in [1.807, 2.05) is 25.1 Å². The largest absolute Gasteiger partial charge is 0.206 e. The first kappa shape index (κ1) is 10.2. The van der Waals surface area contributed by atoms with Crippen LogP contribution in [0.3, 0.4) is 0 Å². The van der Waals surface area contributed by atoms with E-state index in [-0.39, 0.29) is 5.82 Å². The number of rotatable bonds is 4. The highest BCUT2D eigenvalue weighted by molar-refractivity contribution is 5.26. The Morgan fingerprint density at radius 2 is 1.85 bits per heavy atom. The van der Waals surface area contributed by atoms with Crippen molar-refractivity contribution in [2.75, 3.05) is 0 Å². The zero-order valence-electron chi connectivity index (χ0n) is 8.44. The third-order valence-corrected chi connectivity index (χ3v) is 2.34. The zero-order valence-corrected chi connectivity index (χ0v) is 8.44. The molecule has 0 heterocycles. The summed E-state index contributed by atoms with van der Waals surface area (Å²) in [6, 6.07) is 5.71. The van der Waals surface area contributed by atoms with Crippen molar-refractivity contribution < 1.29 is 4.39 Å². The lowest BCUT2D eigenvalue weighted by molar-refractivity contribution is 0.589. The van der Waals surface area contributed by atoms with Crippen LogP contribution in [0.15, 0.2) is 18.2 Å². The Hall–Kier alpha value is -0.850. The van der Waals surface area contributed by atoms with Gasteiger partial charge in [-0.2, -0.15) is 0 Å². The molecule has 0 saturated heterocycles. The molecule has 0 aliphatic heterocycles. The SMILES string of the molecule is CCCCc1cccc(CC)c1F. The summed E-state index contributed by atoms with van der Waals surface area (Å²) >= 11 is 0. The summed E-state index contributed by atoms with van der Waals surface area (Å²) in [6.07, 6.45) is 3.85. The standard InChI is InChI=1S/C12H17F/c1-3-5-7-11-9-6-8-10(4-2)12(11)13/h6,8-9H,3-5,7H2,1-2H3. The second kappa shape index (κ2) is 5.00. The average Bonchev–Trinajstić information content (AvgIpc) is 2.16. The van der Waals surface area contributed by atoms with Crippen molar-refractivity contribution in [3.63, 3.8) is 0 Å². The molecule has 0 aromatic heterocycles. The van der Waals surface area contributed by atoms with E-state index >= 15 is 0 Å². The van der Waals surface area contributed by atoms with Crippen LogP contribution in [0.4, 0.5) is 4.39 Å². The lowest BCUT2D eigenvalue weighted by Gasteiger charge is -2.05. The van der Waals surface area contributed by atoms with E-state index in [1.54, 1.807) is 0 Å². The highest BCUT2D eigenvalue weighted by Gasteiger charge is 2.04. The van der Waals surface area contributed by atoms with Gasteiger partial charge in [0.15, 0.2) is 0 Å². The summed E-state index contributed by atoms with van der Waals surface area (Å²) in [5, 5.41) is 0. The van der Waals surface area contributed by atoms with Crippen molar-refractivity contribution in [1.29, 1.82) is 0 Å². The van der Waals surface area contributed by atoms with Crippen LogP contribution in [0, 0.1) is 5.82 Å². The van der Waals surface area contributed by atoms with E-state index in [9.17, 15) is 4.39 Å². The van der Waals surface area contributed by atoms with E-state index in [0.29, 0.717) is 0 Å². The maximum Gasteiger partial charge on any atom is 0.129 e. The fourth-order valence-corrected chi connectivity index (χ4v) is 1.47. The number of unbranched alkanes of at least 4 members (excludes halogenated alkanes) is 1. The van der Waals surface area contributed by atoms with Gasteiger partial charge >= 0.3 is 0 Å². The highest BCUT2D eigenvalue weighted by Crippen LogP contribution is 2.15. The fraction of sp³-hybridized carbons (Fsp3) is 0.500. The van der Waals surface area contributed by atoms with Crippen molar-refractivity contribution in [2.45, 2.75) is 39.5 Å². The van der Waals surface area contributed by atoms with Crippen LogP contribution < -0.4 is 0 Å². The van der Waals surface area contributed by atoms with Gasteiger partial charge in [-0.3, -0.25) is 0 Å². The second-order valence-corrected chi connectivity index (χ2v) is 3.35. The minimum Gasteiger partial charge on any atom is -0.206 e. The van der Waals surface area contributed by atoms with Crippen molar-refractivity contribution in [3.8, 4) is 0 Å². The van der Waals surface area contributed by atoms with Gasteiger partial charge in [0.25, 0.3) is 0 Å². The van der Waals surface area contributed by atoms with Crippen LogP contribution in [0.2, 0.25) is 0 Å². The molecule has 72 valence electrons. The summed E-state index contributed by atoms with van der Waals surface area (Å²) < 4.78 is 13.6. The van der Waals surface area contributed by atoms with Gasteiger partial charge < -0.3 is 0 Å². The molecule has 0 amide bonds. The molecule has 13 heavy (non-hydrogen) atoms. The molecule has 0 unspecified atom stereocenters. The normalized spacial score (nSPS) is 10.4. The highest BCUT2D eigenvalue weighted by atomic mass is 19.1. The topological polar surface area (TPSA) is 0 Å². The monoisotopic (exact) mass is 180 g/mol. The van der Waals surface area contributed by atoms with Crippen molar-refractivity contribution in [1.82, 2.24) is 0 Å². The minimum atomic E-state index is 0.0125. The third kappa shape index (κ3) is 2.55. The summed E-state index contributed by atoms with van der Waals surface area (Å²) in [7, 11) is 0. The fourth-order valence-electron chi connectivity index (χ4n) is 1.47. The van der Waals surface area contributed by atoms with Gasteiger partial charge in [-0.05, 0) is 30.4 Å².